The predicted octanol–water partition coefficient (Wildman–Crippen LogP) is 1.54. The van der Waals surface area contributed by atoms with E-state index in [1.165, 1.54) is 0 Å². The maximum Gasteiger partial charge on any atom is 0.318 e. The average Bonchev–Trinajstić information content (AvgIpc) is 3.26. The molecule has 130 valence electrons. The molecule has 2 fully saturated rings. The van der Waals surface area contributed by atoms with Gasteiger partial charge < -0.3 is 19.0 Å². The van der Waals surface area contributed by atoms with Gasteiger partial charge in [0.25, 0.3) is 0 Å². The minimum Gasteiger partial charge on any atom is -0.408 e. The van der Waals surface area contributed by atoms with Gasteiger partial charge in [-0.2, -0.15) is 0 Å². The molecule has 0 radical (unpaired) electrons. The van der Waals surface area contributed by atoms with Crippen LogP contribution in [0.1, 0.15) is 31.6 Å². The number of amides is 1. The van der Waals surface area contributed by atoms with Crippen molar-refractivity contribution >= 4 is 11.9 Å². The number of nitrogens with zero attached hydrogens (tertiary/aromatic N) is 4. The van der Waals surface area contributed by atoms with E-state index < -0.39 is 0 Å². The van der Waals surface area contributed by atoms with E-state index in [2.05, 4.69) is 27.2 Å². The molecular weight excluding hydrogens is 308 g/mol. The molecule has 1 aromatic heterocycles. The third-order valence-electron chi connectivity index (χ3n) is 5.24. The summed E-state index contributed by atoms with van der Waals surface area (Å²) >= 11 is 0. The number of carbonyl (C=O) groups is 1. The van der Waals surface area contributed by atoms with Gasteiger partial charge in [0, 0.05) is 25.9 Å². The molecule has 7 nitrogen and oxygen atoms in total. The van der Waals surface area contributed by atoms with Crippen LogP contribution >= 0.6 is 0 Å². The number of anilines is 1. The van der Waals surface area contributed by atoms with E-state index >= 15 is 0 Å². The molecule has 3 heterocycles. The van der Waals surface area contributed by atoms with Crippen molar-refractivity contribution in [3.8, 4) is 0 Å². The maximum atomic E-state index is 12.8. The van der Waals surface area contributed by atoms with E-state index in [-0.39, 0.29) is 17.4 Å². The van der Waals surface area contributed by atoms with Gasteiger partial charge in [-0.25, -0.2) is 0 Å². The highest BCUT2D eigenvalue weighted by Crippen LogP contribution is 2.32. The molecule has 24 heavy (non-hydrogen) atoms. The van der Waals surface area contributed by atoms with Crippen LogP contribution in [0.25, 0.3) is 0 Å². The number of rotatable bonds is 2. The van der Waals surface area contributed by atoms with Gasteiger partial charge in [0.15, 0.2) is 0 Å². The number of piperidine rings is 1. The lowest BCUT2D eigenvalue weighted by Gasteiger charge is -2.48. The Morgan fingerprint density at radius 3 is 2.83 bits per heavy atom. The number of morpholine rings is 1. The first-order valence-corrected chi connectivity index (χ1v) is 8.78. The summed E-state index contributed by atoms with van der Waals surface area (Å²) in [5, 5.41) is 8.05. The molecule has 1 atom stereocenters. The van der Waals surface area contributed by atoms with Crippen molar-refractivity contribution in [2.75, 3.05) is 37.7 Å². The first-order chi connectivity index (χ1) is 11.7. The molecule has 2 aliphatic heterocycles. The molecule has 0 bridgehead atoms. The zero-order chi connectivity index (χ0) is 16.6. The van der Waals surface area contributed by atoms with Gasteiger partial charge >= 0.3 is 6.01 Å². The summed E-state index contributed by atoms with van der Waals surface area (Å²) in [6.45, 7) is 5.32. The van der Waals surface area contributed by atoms with Gasteiger partial charge in [-0.1, -0.05) is 17.3 Å². The molecule has 0 aromatic carbocycles. The summed E-state index contributed by atoms with van der Waals surface area (Å²) in [5.41, 5.74) is -0.319. The Hall–Kier alpha value is -1.89. The van der Waals surface area contributed by atoms with Crippen molar-refractivity contribution in [1.29, 1.82) is 0 Å². The lowest BCUT2D eigenvalue weighted by Crippen LogP contribution is -2.61. The number of aromatic nitrogens is 2. The fourth-order valence-electron chi connectivity index (χ4n) is 4.03. The summed E-state index contributed by atoms with van der Waals surface area (Å²) in [6.07, 6.45) is 7.92. The molecule has 0 N–H and O–H groups in total. The van der Waals surface area contributed by atoms with Gasteiger partial charge in [-0.3, -0.25) is 4.79 Å². The highest BCUT2D eigenvalue weighted by Gasteiger charge is 2.43. The van der Waals surface area contributed by atoms with Gasteiger partial charge in [-0.05, 0) is 25.7 Å². The third kappa shape index (κ3) is 2.92. The molecule has 2 saturated heterocycles. The van der Waals surface area contributed by atoms with Crippen molar-refractivity contribution in [1.82, 2.24) is 15.1 Å². The van der Waals surface area contributed by atoms with E-state index in [9.17, 15) is 4.79 Å². The predicted molar refractivity (Wildman–Crippen MR) is 87.6 cm³/mol. The van der Waals surface area contributed by atoms with Gasteiger partial charge in [0.2, 0.25) is 11.8 Å². The van der Waals surface area contributed by atoms with E-state index in [1.807, 2.05) is 4.90 Å². The van der Waals surface area contributed by atoms with Crippen molar-refractivity contribution in [2.45, 2.75) is 38.2 Å². The standard InChI is InChI=1S/C17H24N4O3/c1-13-18-19-16(24-13)21-8-4-7-17(12-21)11-20(9-10-23-17)15(22)14-5-2-3-6-14/h2-3,14H,4-12H2,1H3/t17-/m1/s1. The topological polar surface area (TPSA) is 71.7 Å². The minimum absolute atomic E-state index is 0.124. The van der Waals surface area contributed by atoms with Gasteiger partial charge in [-0.15, -0.1) is 5.10 Å². The Morgan fingerprint density at radius 2 is 2.08 bits per heavy atom. The van der Waals surface area contributed by atoms with Crippen LogP contribution < -0.4 is 4.90 Å². The molecule has 0 unspecified atom stereocenters. The molecule has 1 amide bonds. The molecule has 7 heteroatoms. The number of hydrogen-bond donors (Lipinski definition) is 0. The number of carbonyl (C=O) groups excluding carboxylic acids is 1. The molecule has 4 rings (SSSR count). The van der Waals surface area contributed by atoms with Gasteiger partial charge in [0.05, 0.1) is 19.7 Å². The summed E-state index contributed by atoms with van der Waals surface area (Å²) in [4.78, 5) is 16.9. The highest BCUT2D eigenvalue weighted by molar-refractivity contribution is 5.80. The SMILES string of the molecule is Cc1nnc(N2CCC[C@@]3(CN(C(=O)C4CC=CC4)CCO3)C2)o1. The maximum absolute atomic E-state index is 12.8. The van der Waals surface area contributed by atoms with Crippen molar-refractivity contribution in [2.24, 2.45) is 5.92 Å². The van der Waals surface area contributed by atoms with Crippen LogP contribution in [-0.4, -0.2) is 59.4 Å². The monoisotopic (exact) mass is 332 g/mol. The molecular formula is C17H24N4O3. The minimum atomic E-state index is -0.319. The largest absolute Gasteiger partial charge is 0.408 e. The zero-order valence-corrected chi connectivity index (χ0v) is 14.1. The van der Waals surface area contributed by atoms with Crippen LogP contribution in [0.2, 0.25) is 0 Å². The van der Waals surface area contributed by atoms with Crippen LogP contribution in [0.4, 0.5) is 6.01 Å². The second-order valence-electron chi connectivity index (χ2n) is 7.06. The van der Waals surface area contributed by atoms with Crippen LogP contribution in [-0.2, 0) is 9.53 Å². The number of allylic oxidation sites excluding steroid dienone is 2. The van der Waals surface area contributed by atoms with Crippen molar-refractivity contribution in [3.05, 3.63) is 18.0 Å². The summed E-state index contributed by atoms with van der Waals surface area (Å²) in [5.74, 6) is 0.964. The van der Waals surface area contributed by atoms with E-state index in [0.29, 0.717) is 38.1 Å². The van der Waals surface area contributed by atoms with E-state index in [4.69, 9.17) is 9.15 Å². The number of aryl methyl sites for hydroxylation is 1. The smallest absolute Gasteiger partial charge is 0.318 e. The van der Waals surface area contributed by atoms with Crippen molar-refractivity contribution in [3.63, 3.8) is 0 Å². The molecule has 0 saturated carbocycles. The Kier molecular flexibility index (Phi) is 4.04. The molecule has 1 aromatic rings. The lowest BCUT2D eigenvalue weighted by molar-refractivity contribution is -0.155. The second kappa shape index (κ2) is 6.20. The van der Waals surface area contributed by atoms with Gasteiger partial charge in [0.1, 0.15) is 5.60 Å². The summed E-state index contributed by atoms with van der Waals surface area (Å²) in [6, 6.07) is 0.554. The Morgan fingerprint density at radius 1 is 1.25 bits per heavy atom. The molecule has 1 spiro atoms. The van der Waals surface area contributed by atoms with Crippen LogP contribution in [0.5, 0.6) is 0 Å². The highest BCUT2D eigenvalue weighted by atomic mass is 16.5. The van der Waals surface area contributed by atoms with E-state index in [0.717, 1.165) is 32.2 Å². The van der Waals surface area contributed by atoms with Crippen LogP contribution in [0.3, 0.4) is 0 Å². The van der Waals surface area contributed by atoms with E-state index in [1.54, 1.807) is 6.92 Å². The summed E-state index contributed by atoms with van der Waals surface area (Å²) in [7, 11) is 0. The fraction of sp³-hybridized carbons (Fsp3) is 0.706. The zero-order valence-electron chi connectivity index (χ0n) is 14.1. The first-order valence-electron chi connectivity index (χ1n) is 8.78. The third-order valence-corrected chi connectivity index (χ3v) is 5.24. The Bertz CT molecular complexity index is 632. The second-order valence-corrected chi connectivity index (χ2v) is 7.06. The normalized spacial score (nSPS) is 28.0. The summed E-state index contributed by atoms with van der Waals surface area (Å²) < 4.78 is 11.7. The molecule has 3 aliphatic rings. The quantitative estimate of drug-likeness (QED) is 0.765. The lowest BCUT2D eigenvalue weighted by atomic mass is 9.90. The number of hydrogen-bond acceptors (Lipinski definition) is 6. The fourth-order valence-corrected chi connectivity index (χ4v) is 4.03. The first kappa shape index (κ1) is 15.6. The molecule has 1 aliphatic carbocycles. The Labute approximate surface area is 141 Å². The number of ether oxygens (including phenoxy) is 1. The van der Waals surface area contributed by atoms with Crippen LogP contribution in [0.15, 0.2) is 16.6 Å². The average molecular weight is 332 g/mol. The Balaban J connectivity index is 1.46. The van der Waals surface area contributed by atoms with Crippen LogP contribution in [0, 0.1) is 12.8 Å². The van der Waals surface area contributed by atoms with Crippen molar-refractivity contribution < 1.29 is 13.9 Å².